The van der Waals surface area contributed by atoms with Crippen LogP contribution in [0.2, 0.25) is 0 Å². The third-order valence-corrected chi connectivity index (χ3v) is 5.61. The first-order valence-corrected chi connectivity index (χ1v) is 8.33. The summed E-state index contributed by atoms with van der Waals surface area (Å²) in [5.74, 6) is 1.14. The smallest absolute Gasteiger partial charge is 0.153 e. The molecule has 2 unspecified atom stereocenters. The van der Waals surface area contributed by atoms with Crippen LogP contribution in [0.5, 0.6) is 0 Å². The molecule has 1 N–H and O–H groups in total. The van der Waals surface area contributed by atoms with Gasteiger partial charge in [0.05, 0.1) is 23.7 Å². The van der Waals surface area contributed by atoms with Crippen LogP contribution >= 0.6 is 0 Å². The van der Waals surface area contributed by atoms with E-state index in [4.69, 9.17) is 4.74 Å². The number of ether oxygens (including phenoxy) is 1. The van der Waals surface area contributed by atoms with E-state index in [0.717, 1.165) is 19.4 Å². The van der Waals surface area contributed by atoms with Gasteiger partial charge in [-0.3, -0.25) is 0 Å². The summed E-state index contributed by atoms with van der Waals surface area (Å²) in [5.41, 5.74) is -0.439. The zero-order valence-corrected chi connectivity index (χ0v) is 11.6. The van der Waals surface area contributed by atoms with E-state index < -0.39 is 15.4 Å². The van der Waals surface area contributed by atoms with Crippen LogP contribution in [0.4, 0.5) is 0 Å². The molecular formula is C12H23NO3S. The molecule has 0 aromatic rings. The minimum Gasteiger partial charge on any atom is -0.371 e. The molecular weight excluding hydrogens is 238 g/mol. The van der Waals surface area contributed by atoms with Crippen LogP contribution in [0.15, 0.2) is 0 Å². The number of hydrogen-bond acceptors (Lipinski definition) is 4. The predicted molar refractivity (Wildman–Crippen MR) is 67.8 cm³/mol. The van der Waals surface area contributed by atoms with Gasteiger partial charge in [0.2, 0.25) is 0 Å². The Morgan fingerprint density at radius 1 is 1.47 bits per heavy atom. The fourth-order valence-electron chi connectivity index (χ4n) is 2.87. The second-order valence-corrected chi connectivity index (χ2v) is 7.92. The van der Waals surface area contributed by atoms with Gasteiger partial charge in [-0.25, -0.2) is 8.42 Å². The van der Waals surface area contributed by atoms with Gasteiger partial charge in [-0.15, -0.1) is 0 Å². The van der Waals surface area contributed by atoms with E-state index in [0.29, 0.717) is 18.9 Å². The minimum atomic E-state index is -2.89. The molecule has 0 radical (unpaired) electrons. The molecule has 2 fully saturated rings. The Bertz CT molecular complexity index is 366. The third-order valence-electron chi connectivity index (χ3n) is 3.85. The Kier molecular flexibility index (Phi) is 3.80. The molecule has 2 aliphatic rings. The van der Waals surface area contributed by atoms with Crippen molar-refractivity contribution in [2.24, 2.45) is 5.92 Å². The summed E-state index contributed by atoms with van der Waals surface area (Å²) in [7, 11) is -2.89. The SMILES string of the molecule is CC(C)CCC1NCCOC12CCS(=O)(=O)C2. The van der Waals surface area contributed by atoms with Crippen LogP contribution in [0.25, 0.3) is 0 Å². The van der Waals surface area contributed by atoms with Crippen molar-refractivity contribution in [3.63, 3.8) is 0 Å². The first kappa shape index (κ1) is 13.3. The standard InChI is InChI=1S/C12H23NO3S/c1-10(2)3-4-11-12(16-7-6-13-11)5-8-17(14,15)9-12/h10-11,13H,3-9H2,1-2H3. The highest BCUT2D eigenvalue weighted by atomic mass is 32.2. The Balaban J connectivity index is 2.07. The van der Waals surface area contributed by atoms with Crippen LogP contribution < -0.4 is 5.32 Å². The van der Waals surface area contributed by atoms with Crippen LogP contribution in [0.3, 0.4) is 0 Å². The molecule has 2 heterocycles. The third kappa shape index (κ3) is 3.01. The van der Waals surface area contributed by atoms with Gasteiger partial charge in [0, 0.05) is 12.6 Å². The van der Waals surface area contributed by atoms with Gasteiger partial charge in [-0.05, 0) is 25.2 Å². The number of sulfone groups is 1. The fraction of sp³-hybridized carbons (Fsp3) is 1.00. The zero-order chi connectivity index (χ0) is 12.5. The molecule has 1 spiro atoms. The second kappa shape index (κ2) is 4.86. The molecule has 0 aliphatic carbocycles. The topological polar surface area (TPSA) is 55.4 Å². The van der Waals surface area contributed by atoms with E-state index >= 15 is 0 Å². The summed E-state index contributed by atoms with van der Waals surface area (Å²) < 4.78 is 29.2. The van der Waals surface area contributed by atoms with Gasteiger partial charge >= 0.3 is 0 Å². The molecule has 0 aromatic carbocycles. The molecule has 17 heavy (non-hydrogen) atoms. The van der Waals surface area contributed by atoms with Crippen molar-refractivity contribution in [3.05, 3.63) is 0 Å². The summed E-state index contributed by atoms with van der Waals surface area (Å²) >= 11 is 0. The van der Waals surface area contributed by atoms with E-state index in [-0.39, 0.29) is 17.5 Å². The number of hydrogen-bond donors (Lipinski definition) is 1. The van der Waals surface area contributed by atoms with Crippen molar-refractivity contribution in [2.75, 3.05) is 24.7 Å². The fourth-order valence-corrected chi connectivity index (χ4v) is 4.85. The van der Waals surface area contributed by atoms with Crippen LogP contribution in [0.1, 0.15) is 33.1 Å². The predicted octanol–water partition coefficient (Wildman–Crippen LogP) is 0.968. The zero-order valence-electron chi connectivity index (χ0n) is 10.7. The Hall–Kier alpha value is -0.130. The molecule has 0 saturated carbocycles. The number of morpholine rings is 1. The normalized spacial score (nSPS) is 36.8. The van der Waals surface area contributed by atoms with Crippen molar-refractivity contribution in [3.8, 4) is 0 Å². The highest BCUT2D eigenvalue weighted by molar-refractivity contribution is 7.91. The van der Waals surface area contributed by atoms with E-state index in [1.54, 1.807) is 0 Å². The number of rotatable bonds is 3. The molecule has 2 rings (SSSR count). The lowest BCUT2D eigenvalue weighted by atomic mass is 9.87. The maximum Gasteiger partial charge on any atom is 0.153 e. The van der Waals surface area contributed by atoms with E-state index in [1.807, 2.05) is 0 Å². The van der Waals surface area contributed by atoms with Crippen molar-refractivity contribution < 1.29 is 13.2 Å². The van der Waals surface area contributed by atoms with Gasteiger partial charge in [0.25, 0.3) is 0 Å². The lowest BCUT2D eigenvalue weighted by molar-refractivity contribution is -0.0812. The molecule has 5 heteroatoms. The summed E-state index contributed by atoms with van der Waals surface area (Å²) in [5, 5.41) is 3.46. The highest BCUT2D eigenvalue weighted by Gasteiger charge is 2.49. The molecule has 0 bridgehead atoms. The molecule has 4 nitrogen and oxygen atoms in total. The summed E-state index contributed by atoms with van der Waals surface area (Å²) in [6.45, 7) is 5.86. The first-order valence-electron chi connectivity index (χ1n) is 6.51. The molecule has 0 amide bonds. The first-order chi connectivity index (χ1) is 7.94. The summed E-state index contributed by atoms with van der Waals surface area (Å²) in [6, 6.07) is 0.205. The van der Waals surface area contributed by atoms with Crippen molar-refractivity contribution in [1.82, 2.24) is 5.32 Å². The molecule has 2 saturated heterocycles. The maximum atomic E-state index is 11.7. The van der Waals surface area contributed by atoms with Gasteiger partial charge in [0.15, 0.2) is 9.84 Å². The van der Waals surface area contributed by atoms with Gasteiger partial charge in [-0.2, -0.15) is 0 Å². The molecule has 100 valence electrons. The van der Waals surface area contributed by atoms with E-state index in [1.165, 1.54) is 0 Å². The van der Waals surface area contributed by atoms with Gasteiger partial charge in [0.1, 0.15) is 0 Å². The van der Waals surface area contributed by atoms with E-state index in [9.17, 15) is 8.42 Å². The van der Waals surface area contributed by atoms with Gasteiger partial charge < -0.3 is 10.1 Å². The van der Waals surface area contributed by atoms with Crippen molar-refractivity contribution in [1.29, 1.82) is 0 Å². The monoisotopic (exact) mass is 261 g/mol. The van der Waals surface area contributed by atoms with Crippen LogP contribution in [0, 0.1) is 5.92 Å². The Morgan fingerprint density at radius 3 is 2.82 bits per heavy atom. The highest BCUT2D eigenvalue weighted by Crippen LogP contribution is 2.34. The summed E-state index contributed by atoms with van der Waals surface area (Å²) in [4.78, 5) is 0. The quantitative estimate of drug-likeness (QED) is 0.822. The molecule has 2 aliphatic heterocycles. The van der Waals surface area contributed by atoms with Crippen molar-refractivity contribution in [2.45, 2.75) is 44.8 Å². The average molecular weight is 261 g/mol. The lowest BCUT2D eigenvalue weighted by Crippen LogP contribution is -2.58. The largest absolute Gasteiger partial charge is 0.371 e. The Morgan fingerprint density at radius 2 is 2.24 bits per heavy atom. The number of nitrogens with one attached hydrogen (secondary N) is 1. The van der Waals surface area contributed by atoms with Gasteiger partial charge in [-0.1, -0.05) is 13.8 Å². The maximum absolute atomic E-state index is 11.7. The van der Waals surface area contributed by atoms with Crippen LogP contribution in [-0.2, 0) is 14.6 Å². The molecule has 2 atom stereocenters. The van der Waals surface area contributed by atoms with Crippen LogP contribution in [-0.4, -0.2) is 44.7 Å². The lowest BCUT2D eigenvalue weighted by Gasteiger charge is -2.41. The van der Waals surface area contributed by atoms with Crippen molar-refractivity contribution >= 4 is 9.84 Å². The average Bonchev–Trinajstić information content (AvgIpc) is 2.54. The summed E-state index contributed by atoms with van der Waals surface area (Å²) in [6.07, 6.45) is 2.78. The minimum absolute atomic E-state index is 0.204. The van der Waals surface area contributed by atoms with E-state index in [2.05, 4.69) is 19.2 Å². The second-order valence-electron chi connectivity index (χ2n) is 5.73. The Labute approximate surface area is 104 Å². The molecule has 0 aromatic heterocycles.